The zero-order chi connectivity index (χ0) is 12.3. The number of nitrogens with two attached hydrogens (primary N) is 1. The Hall–Kier alpha value is -0.640. The molecule has 0 radical (unpaired) electrons. The molecular weight excluding hydrogens is 220 g/mol. The topological polar surface area (TPSA) is 55.1 Å². The van der Waals surface area contributed by atoms with Crippen LogP contribution in [0.5, 0.6) is 0 Å². The lowest BCUT2D eigenvalue weighted by molar-refractivity contribution is -0.128. The van der Waals surface area contributed by atoms with Crippen LogP contribution in [-0.2, 0) is 4.79 Å². The van der Waals surface area contributed by atoms with E-state index in [4.69, 9.17) is 18.0 Å². The summed E-state index contributed by atoms with van der Waals surface area (Å²) in [6.45, 7) is 5.99. The summed E-state index contributed by atoms with van der Waals surface area (Å²) >= 11 is 5.05. The van der Waals surface area contributed by atoms with E-state index in [9.17, 15) is 4.79 Å². The van der Waals surface area contributed by atoms with E-state index in [2.05, 4.69) is 12.2 Å². The van der Waals surface area contributed by atoms with E-state index in [1.165, 1.54) is 12.8 Å². The first-order valence-corrected chi connectivity index (χ1v) is 6.49. The van der Waals surface area contributed by atoms with Crippen LogP contribution in [0, 0.1) is 11.3 Å². The molecule has 0 aliphatic heterocycles. The van der Waals surface area contributed by atoms with Crippen LogP contribution in [0.1, 0.15) is 46.5 Å². The van der Waals surface area contributed by atoms with Gasteiger partial charge in [-0.15, -0.1) is 0 Å². The number of hydrogen-bond donors (Lipinski definition) is 2. The summed E-state index contributed by atoms with van der Waals surface area (Å²) in [4.78, 5) is 12.6. The summed E-state index contributed by atoms with van der Waals surface area (Å²) in [5.74, 6) is 0.658. The van der Waals surface area contributed by atoms with Crippen LogP contribution >= 0.6 is 12.2 Å². The Labute approximate surface area is 103 Å². The van der Waals surface area contributed by atoms with Crippen molar-refractivity contribution in [1.82, 2.24) is 5.32 Å². The van der Waals surface area contributed by atoms with Gasteiger partial charge in [-0.05, 0) is 38.5 Å². The third kappa shape index (κ3) is 2.54. The van der Waals surface area contributed by atoms with Gasteiger partial charge in [-0.25, -0.2) is 0 Å². The Bertz CT molecular complexity index is 283. The molecule has 1 unspecified atom stereocenters. The molecule has 0 bridgehead atoms. The van der Waals surface area contributed by atoms with Gasteiger partial charge in [-0.1, -0.05) is 26.1 Å². The SMILES string of the molecule is CCC(CC)(C(=O)NC(C)C1CC1)C(N)=S. The Morgan fingerprint density at radius 3 is 2.31 bits per heavy atom. The third-order valence-corrected chi connectivity index (χ3v) is 4.19. The maximum atomic E-state index is 12.2. The van der Waals surface area contributed by atoms with Crippen molar-refractivity contribution < 1.29 is 4.79 Å². The lowest BCUT2D eigenvalue weighted by atomic mass is 9.81. The van der Waals surface area contributed by atoms with Gasteiger partial charge in [-0.3, -0.25) is 4.79 Å². The molecule has 0 spiro atoms. The monoisotopic (exact) mass is 242 g/mol. The van der Waals surface area contributed by atoms with E-state index >= 15 is 0 Å². The van der Waals surface area contributed by atoms with Crippen LogP contribution in [0.4, 0.5) is 0 Å². The molecule has 1 fully saturated rings. The summed E-state index contributed by atoms with van der Waals surface area (Å²) in [7, 11) is 0. The fraction of sp³-hybridized carbons (Fsp3) is 0.833. The average Bonchev–Trinajstić information content (AvgIpc) is 3.02. The van der Waals surface area contributed by atoms with Crippen LogP contribution < -0.4 is 11.1 Å². The van der Waals surface area contributed by atoms with Crippen LogP contribution in [0.25, 0.3) is 0 Å². The van der Waals surface area contributed by atoms with Crippen LogP contribution in [0.15, 0.2) is 0 Å². The lowest BCUT2D eigenvalue weighted by Gasteiger charge is -2.30. The van der Waals surface area contributed by atoms with E-state index < -0.39 is 5.41 Å². The summed E-state index contributed by atoms with van der Waals surface area (Å²) < 4.78 is 0. The lowest BCUT2D eigenvalue weighted by Crippen LogP contribution is -2.51. The molecular formula is C12H22N2OS. The average molecular weight is 242 g/mol. The Morgan fingerprint density at radius 2 is 2.00 bits per heavy atom. The molecule has 4 heteroatoms. The van der Waals surface area contributed by atoms with E-state index in [-0.39, 0.29) is 11.9 Å². The molecule has 1 amide bonds. The molecule has 1 saturated carbocycles. The van der Waals surface area contributed by atoms with Crippen molar-refractivity contribution in [3.63, 3.8) is 0 Å². The predicted molar refractivity (Wildman–Crippen MR) is 70.1 cm³/mol. The first-order valence-electron chi connectivity index (χ1n) is 6.08. The minimum atomic E-state index is -0.654. The molecule has 1 aliphatic carbocycles. The molecule has 0 aromatic heterocycles. The molecule has 0 aromatic carbocycles. The number of carbonyl (C=O) groups is 1. The fourth-order valence-electron chi connectivity index (χ4n) is 2.09. The quantitative estimate of drug-likeness (QED) is 0.700. The number of hydrogen-bond acceptors (Lipinski definition) is 2. The van der Waals surface area contributed by atoms with Crippen molar-refractivity contribution in [2.24, 2.45) is 17.1 Å². The smallest absolute Gasteiger partial charge is 0.233 e. The largest absolute Gasteiger partial charge is 0.392 e. The second-order valence-corrected chi connectivity index (χ2v) is 5.19. The van der Waals surface area contributed by atoms with Gasteiger partial charge in [-0.2, -0.15) is 0 Å². The molecule has 0 heterocycles. The molecule has 1 aliphatic rings. The number of rotatable bonds is 6. The molecule has 16 heavy (non-hydrogen) atoms. The van der Waals surface area contributed by atoms with Gasteiger partial charge in [0.05, 0.1) is 10.4 Å². The Balaban J connectivity index is 2.70. The van der Waals surface area contributed by atoms with Crippen LogP contribution in [0.3, 0.4) is 0 Å². The molecule has 3 nitrogen and oxygen atoms in total. The van der Waals surface area contributed by atoms with E-state index in [1.54, 1.807) is 0 Å². The standard InChI is InChI=1S/C12H22N2OS/c1-4-12(5-2,10(13)16)11(15)14-8(3)9-6-7-9/h8-9H,4-7H2,1-3H3,(H2,13,16)(H,14,15). The van der Waals surface area contributed by atoms with Gasteiger partial charge >= 0.3 is 0 Å². The Kier molecular flexibility index (Phi) is 4.30. The van der Waals surface area contributed by atoms with Crippen LogP contribution in [0.2, 0.25) is 0 Å². The van der Waals surface area contributed by atoms with Crippen molar-refractivity contribution in [2.45, 2.75) is 52.5 Å². The van der Waals surface area contributed by atoms with E-state index in [1.807, 2.05) is 13.8 Å². The summed E-state index contributed by atoms with van der Waals surface area (Å²) in [6.07, 6.45) is 3.78. The van der Waals surface area contributed by atoms with Crippen molar-refractivity contribution in [2.75, 3.05) is 0 Å². The molecule has 1 rings (SSSR count). The second kappa shape index (κ2) is 5.13. The zero-order valence-electron chi connectivity index (χ0n) is 10.4. The molecule has 0 saturated heterocycles. The molecule has 0 aromatic rings. The third-order valence-electron chi connectivity index (χ3n) is 3.80. The summed E-state index contributed by atoms with van der Waals surface area (Å²) in [6, 6.07) is 0.249. The van der Waals surface area contributed by atoms with Crippen molar-refractivity contribution in [3.8, 4) is 0 Å². The predicted octanol–water partition coefficient (Wildman–Crippen LogP) is 1.99. The minimum Gasteiger partial charge on any atom is -0.392 e. The highest BCUT2D eigenvalue weighted by Gasteiger charge is 2.40. The highest BCUT2D eigenvalue weighted by molar-refractivity contribution is 7.80. The fourth-order valence-corrected chi connectivity index (χ4v) is 2.47. The van der Waals surface area contributed by atoms with Gasteiger partial charge in [0.2, 0.25) is 5.91 Å². The highest BCUT2D eigenvalue weighted by Crippen LogP contribution is 2.34. The van der Waals surface area contributed by atoms with Gasteiger partial charge in [0, 0.05) is 6.04 Å². The maximum absolute atomic E-state index is 12.2. The van der Waals surface area contributed by atoms with Crippen LogP contribution in [-0.4, -0.2) is 16.9 Å². The molecule has 3 N–H and O–H groups in total. The first-order chi connectivity index (χ1) is 7.47. The summed E-state index contributed by atoms with van der Waals surface area (Å²) in [5, 5.41) is 3.06. The highest BCUT2D eigenvalue weighted by atomic mass is 32.1. The van der Waals surface area contributed by atoms with E-state index in [0.717, 1.165) is 0 Å². The van der Waals surface area contributed by atoms with Gasteiger partial charge in [0.1, 0.15) is 0 Å². The number of carbonyl (C=O) groups excluding carboxylic acids is 1. The second-order valence-electron chi connectivity index (χ2n) is 4.75. The van der Waals surface area contributed by atoms with Gasteiger partial charge < -0.3 is 11.1 Å². The van der Waals surface area contributed by atoms with Gasteiger partial charge in [0.25, 0.3) is 0 Å². The normalized spacial score (nSPS) is 17.9. The first kappa shape index (κ1) is 13.4. The Morgan fingerprint density at radius 1 is 1.50 bits per heavy atom. The van der Waals surface area contributed by atoms with E-state index in [0.29, 0.717) is 23.7 Å². The number of nitrogens with one attached hydrogen (secondary N) is 1. The van der Waals surface area contributed by atoms with Crippen molar-refractivity contribution in [1.29, 1.82) is 0 Å². The number of amides is 1. The van der Waals surface area contributed by atoms with Crippen molar-refractivity contribution in [3.05, 3.63) is 0 Å². The molecule has 92 valence electrons. The maximum Gasteiger partial charge on any atom is 0.233 e. The zero-order valence-corrected chi connectivity index (χ0v) is 11.2. The molecule has 1 atom stereocenters. The van der Waals surface area contributed by atoms with Crippen molar-refractivity contribution >= 4 is 23.1 Å². The van der Waals surface area contributed by atoms with Gasteiger partial charge in [0.15, 0.2) is 0 Å². The summed E-state index contributed by atoms with van der Waals surface area (Å²) in [5.41, 5.74) is 5.08. The minimum absolute atomic E-state index is 0.00407. The number of thiocarbonyl (C=S) groups is 1.